The van der Waals surface area contributed by atoms with Gasteiger partial charge >= 0.3 is 0 Å². The van der Waals surface area contributed by atoms with Gasteiger partial charge in [0.1, 0.15) is 6.10 Å². The van der Waals surface area contributed by atoms with Crippen LogP contribution in [-0.4, -0.2) is 48.0 Å². The van der Waals surface area contributed by atoms with Gasteiger partial charge in [-0.2, -0.15) is 4.98 Å². The zero-order chi connectivity index (χ0) is 11.5. The zero-order valence-electron chi connectivity index (χ0n) is 10.0. The molecule has 1 aliphatic heterocycles. The average Bonchev–Trinajstić information content (AvgIpc) is 2.77. The summed E-state index contributed by atoms with van der Waals surface area (Å²) in [6.45, 7) is 6.98. The van der Waals surface area contributed by atoms with E-state index < -0.39 is 0 Å². The minimum atomic E-state index is -0.0402. The van der Waals surface area contributed by atoms with Crippen molar-refractivity contribution in [1.29, 1.82) is 0 Å². The average molecular weight is 225 g/mol. The minimum absolute atomic E-state index is 0.0402. The van der Waals surface area contributed by atoms with Crippen LogP contribution in [0.3, 0.4) is 0 Å². The van der Waals surface area contributed by atoms with Crippen molar-refractivity contribution >= 4 is 5.95 Å². The molecule has 6 heteroatoms. The quantitative estimate of drug-likeness (QED) is 0.775. The maximum absolute atomic E-state index is 5.19. The second-order valence-corrected chi connectivity index (χ2v) is 4.20. The standard InChI is InChI=1S/C10H19N5O/c1-7-6-15(5-4-11-7)10-12-9(13-14-10)8(2)16-3/h7-8,11H,4-6H2,1-3H3,(H,12,13,14)/t7-,8?/m1/s1. The molecule has 0 radical (unpaired) electrons. The Labute approximate surface area is 95.4 Å². The third kappa shape index (κ3) is 2.33. The van der Waals surface area contributed by atoms with Crippen LogP contribution in [0.15, 0.2) is 0 Å². The molecule has 1 aromatic rings. The van der Waals surface area contributed by atoms with Gasteiger partial charge in [0.15, 0.2) is 5.82 Å². The van der Waals surface area contributed by atoms with Gasteiger partial charge in [-0.1, -0.05) is 0 Å². The van der Waals surface area contributed by atoms with Crippen molar-refractivity contribution in [3.63, 3.8) is 0 Å². The lowest BCUT2D eigenvalue weighted by atomic mass is 10.2. The SMILES string of the molecule is COC(C)c1nc(N2CCN[C@H](C)C2)n[nH]1. The molecule has 1 fully saturated rings. The molecule has 1 saturated heterocycles. The molecule has 2 N–H and O–H groups in total. The van der Waals surface area contributed by atoms with Gasteiger partial charge in [-0.15, -0.1) is 5.10 Å². The second kappa shape index (κ2) is 4.80. The first-order chi connectivity index (χ1) is 7.70. The first-order valence-corrected chi connectivity index (χ1v) is 5.64. The molecule has 0 aromatic carbocycles. The Morgan fingerprint density at radius 2 is 2.38 bits per heavy atom. The van der Waals surface area contributed by atoms with Crippen LogP contribution in [0.2, 0.25) is 0 Å². The van der Waals surface area contributed by atoms with Crippen molar-refractivity contribution in [3.8, 4) is 0 Å². The monoisotopic (exact) mass is 225 g/mol. The predicted molar refractivity (Wildman–Crippen MR) is 61.5 cm³/mol. The highest BCUT2D eigenvalue weighted by Crippen LogP contribution is 2.15. The Hall–Kier alpha value is -1.14. The summed E-state index contributed by atoms with van der Waals surface area (Å²) in [5.74, 6) is 1.55. The number of aromatic amines is 1. The summed E-state index contributed by atoms with van der Waals surface area (Å²) < 4.78 is 5.19. The highest BCUT2D eigenvalue weighted by molar-refractivity contribution is 5.30. The lowest BCUT2D eigenvalue weighted by Gasteiger charge is -2.30. The number of nitrogens with one attached hydrogen (secondary N) is 2. The Morgan fingerprint density at radius 1 is 1.56 bits per heavy atom. The molecule has 90 valence electrons. The zero-order valence-corrected chi connectivity index (χ0v) is 10.0. The third-order valence-corrected chi connectivity index (χ3v) is 2.88. The number of H-pyrrole nitrogens is 1. The van der Waals surface area contributed by atoms with Gasteiger partial charge < -0.3 is 15.0 Å². The van der Waals surface area contributed by atoms with Gasteiger partial charge in [0.2, 0.25) is 5.95 Å². The summed E-state index contributed by atoms with van der Waals surface area (Å²) in [5, 5.41) is 10.5. The van der Waals surface area contributed by atoms with Crippen molar-refractivity contribution < 1.29 is 4.74 Å². The van der Waals surface area contributed by atoms with Gasteiger partial charge in [0.25, 0.3) is 0 Å². The molecule has 0 bridgehead atoms. The van der Waals surface area contributed by atoms with Crippen molar-refractivity contribution in [2.75, 3.05) is 31.6 Å². The summed E-state index contributed by atoms with van der Waals surface area (Å²) in [6.07, 6.45) is -0.0402. The number of methoxy groups -OCH3 is 1. The molecule has 2 heterocycles. The smallest absolute Gasteiger partial charge is 0.244 e. The number of ether oxygens (including phenoxy) is 1. The molecular formula is C10H19N5O. The molecule has 0 saturated carbocycles. The van der Waals surface area contributed by atoms with E-state index in [0.29, 0.717) is 6.04 Å². The van der Waals surface area contributed by atoms with Gasteiger partial charge in [-0.25, -0.2) is 0 Å². The summed E-state index contributed by atoms with van der Waals surface area (Å²) in [4.78, 5) is 6.63. The molecule has 1 aliphatic rings. The highest BCUT2D eigenvalue weighted by atomic mass is 16.5. The van der Waals surface area contributed by atoms with Crippen molar-refractivity contribution in [3.05, 3.63) is 5.82 Å². The summed E-state index contributed by atoms with van der Waals surface area (Å²) in [5.41, 5.74) is 0. The van der Waals surface area contributed by atoms with Crippen molar-refractivity contribution in [1.82, 2.24) is 20.5 Å². The lowest BCUT2D eigenvalue weighted by Crippen LogP contribution is -2.49. The number of hydrogen-bond donors (Lipinski definition) is 2. The summed E-state index contributed by atoms with van der Waals surface area (Å²) in [6, 6.07) is 0.482. The predicted octanol–water partition coefficient (Wildman–Crippen LogP) is 0.310. The maximum Gasteiger partial charge on any atom is 0.244 e. The Kier molecular flexibility index (Phi) is 3.40. The number of aromatic nitrogens is 3. The fourth-order valence-corrected chi connectivity index (χ4v) is 1.81. The number of piperazine rings is 1. The van der Waals surface area contributed by atoms with Gasteiger partial charge in [0.05, 0.1) is 0 Å². The topological polar surface area (TPSA) is 66.1 Å². The summed E-state index contributed by atoms with van der Waals surface area (Å²) >= 11 is 0. The molecule has 2 atom stereocenters. The van der Waals surface area contributed by atoms with Crippen LogP contribution in [0.25, 0.3) is 0 Å². The summed E-state index contributed by atoms with van der Waals surface area (Å²) in [7, 11) is 1.67. The Bertz CT molecular complexity index is 340. The number of anilines is 1. The molecule has 0 aliphatic carbocycles. The minimum Gasteiger partial charge on any atom is -0.374 e. The van der Waals surface area contributed by atoms with Crippen LogP contribution < -0.4 is 10.2 Å². The molecule has 1 unspecified atom stereocenters. The van der Waals surface area contributed by atoms with Crippen LogP contribution in [0.5, 0.6) is 0 Å². The van der Waals surface area contributed by atoms with E-state index in [-0.39, 0.29) is 6.10 Å². The molecular weight excluding hydrogens is 206 g/mol. The normalized spacial score (nSPS) is 23.4. The molecule has 2 rings (SSSR count). The fraction of sp³-hybridized carbons (Fsp3) is 0.800. The van der Waals surface area contributed by atoms with E-state index >= 15 is 0 Å². The van der Waals surface area contributed by atoms with Crippen molar-refractivity contribution in [2.24, 2.45) is 0 Å². The van der Waals surface area contributed by atoms with Crippen molar-refractivity contribution in [2.45, 2.75) is 26.0 Å². The third-order valence-electron chi connectivity index (χ3n) is 2.88. The largest absolute Gasteiger partial charge is 0.374 e. The van der Waals surface area contributed by atoms with Crippen LogP contribution in [0.1, 0.15) is 25.8 Å². The van der Waals surface area contributed by atoms with E-state index in [1.165, 1.54) is 0 Å². The van der Waals surface area contributed by atoms with E-state index in [1.807, 2.05) is 6.92 Å². The molecule has 0 spiro atoms. The van der Waals surface area contributed by atoms with Crippen LogP contribution >= 0.6 is 0 Å². The van der Waals surface area contributed by atoms with Gasteiger partial charge in [-0.05, 0) is 13.8 Å². The molecule has 0 amide bonds. The molecule has 16 heavy (non-hydrogen) atoms. The Morgan fingerprint density at radius 3 is 3.06 bits per heavy atom. The van der Waals surface area contributed by atoms with Gasteiger partial charge in [0, 0.05) is 32.8 Å². The molecule has 1 aromatic heterocycles. The van der Waals surface area contributed by atoms with E-state index in [9.17, 15) is 0 Å². The number of rotatable bonds is 3. The van der Waals surface area contributed by atoms with E-state index in [2.05, 4.69) is 32.3 Å². The van der Waals surface area contributed by atoms with E-state index in [4.69, 9.17) is 4.74 Å². The van der Waals surface area contributed by atoms with E-state index in [1.54, 1.807) is 7.11 Å². The van der Waals surface area contributed by atoms with Crippen LogP contribution in [-0.2, 0) is 4.74 Å². The first kappa shape index (κ1) is 11.3. The van der Waals surface area contributed by atoms with Crippen LogP contribution in [0, 0.1) is 0 Å². The number of hydrogen-bond acceptors (Lipinski definition) is 5. The van der Waals surface area contributed by atoms with Gasteiger partial charge in [-0.3, -0.25) is 5.10 Å². The second-order valence-electron chi connectivity index (χ2n) is 4.20. The first-order valence-electron chi connectivity index (χ1n) is 5.64. The Balaban J connectivity index is 2.06. The lowest BCUT2D eigenvalue weighted by molar-refractivity contribution is 0.112. The molecule has 6 nitrogen and oxygen atoms in total. The highest BCUT2D eigenvalue weighted by Gasteiger charge is 2.20. The maximum atomic E-state index is 5.19. The van der Waals surface area contributed by atoms with E-state index in [0.717, 1.165) is 31.4 Å². The fourth-order valence-electron chi connectivity index (χ4n) is 1.81. The van der Waals surface area contributed by atoms with Crippen LogP contribution in [0.4, 0.5) is 5.95 Å². The number of nitrogens with zero attached hydrogens (tertiary/aromatic N) is 3.